The van der Waals surface area contributed by atoms with Crippen LogP contribution in [0.15, 0.2) is 42.6 Å². The van der Waals surface area contributed by atoms with Gasteiger partial charge in [0.05, 0.1) is 11.6 Å². The van der Waals surface area contributed by atoms with Crippen LogP contribution in [0.2, 0.25) is 0 Å². The first-order valence-electron chi connectivity index (χ1n) is 7.00. The van der Waals surface area contributed by atoms with Gasteiger partial charge in [-0.15, -0.1) is 11.6 Å². The Bertz CT molecular complexity index is 784. The number of para-hydroxylation sites is 1. The number of imidazole rings is 1. The predicted octanol–water partition coefficient (Wildman–Crippen LogP) is 4.46. The summed E-state index contributed by atoms with van der Waals surface area (Å²) in [4.78, 5) is 9.09. The molecule has 108 valence electrons. The molecule has 2 aromatic heterocycles. The maximum atomic E-state index is 6.11. The largest absolute Gasteiger partial charge is 0.279 e. The Morgan fingerprint density at radius 3 is 2.57 bits per heavy atom. The van der Waals surface area contributed by atoms with Crippen molar-refractivity contribution in [2.75, 3.05) is 0 Å². The summed E-state index contributed by atoms with van der Waals surface area (Å²) in [6.45, 7) is 6.62. The zero-order valence-electron chi connectivity index (χ0n) is 12.5. The molecule has 3 rings (SSSR count). The number of nitrogens with zero attached hydrogens (tertiary/aromatic N) is 3. The van der Waals surface area contributed by atoms with E-state index in [1.165, 1.54) is 5.56 Å². The molecule has 0 unspecified atom stereocenters. The Labute approximate surface area is 129 Å². The van der Waals surface area contributed by atoms with E-state index in [2.05, 4.69) is 53.5 Å². The first kappa shape index (κ1) is 14.1. The van der Waals surface area contributed by atoms with Crippen molar-refractivity contribution in [2.45, 2.75) is 32.1 Å². The fourth-order valence-electron chi connectivity index (χ4n) is 2.60. The van der Waals surface area contributed by atoms with Gasteiger partial charge in [-0.25, -0.2) is 9.97 Å². The third-order valence-corrected chi connectivity index (χ3v) is 3.80. The first-order valence-corrected chi connectivity index (χ1v) is 7.54. The van der Waals surface area contributed by atoms with E-state index < -0.39 is 0 Å². The highest BCUT2D eigenvalue weighted by Gasteiger charge is 2.21. The third-order valence-electron chi connectivity index (χ3n) is 3.56. The number of rotatable bonds is 2. The van der Waals surface area contributed by atoms with Crippen LogP contribution in [-0.2, 0) is 11.3 Å². The van der Waals surface area contributed by atoms with E-state index >= 15 is 0 Å². The maximum Gasteiger partial charge on any atom is 0.164 e. The molecule has 4 heteroatoms. The number of fused-ring (bicyclic) bond motifs is 1. The second-order valence-electron chi connectivity index (χ2n) is 6.11. The van der Waals surface area contributed by atoms with Gasteiger partial charge in [-0.3, -0.25) is 4.57 Å². The molecule has 2 heterocycles. The fraction of sp³-hybridized carbons (Fsp3) is 0.294. The van der Waals surface area contributed by atoms with Gasteiger partial charge in [-0.05, 0) is 29.2 Å². The average molecular weight is 300 g/mol. The Morgan fingerprint density at radius 2 is 1.86 bits per heavy atom. The van der Waals surface area contributed by atoms with Crippen LogP contribution in [0.1, 0.15) is 32.2 Å². The van der Waals surface area contributed by atoms with Crippen molar-refractivity contribution < 1.29 is 0 Å². The normalized spacial score (nSPS) is 12.0. The van der Waals surface area contributed by atoms with Gasteiger partial charge in [0.15, 0.2) is 5.65 Å². The molecule has 3 aromatic rings. The summed E-state index contributed by atoms with van der Waals surface area (Å²) in [5.41, 5.74) is 4.11. The maximum absolute atomic E-state index is 6.11. The lowest BCUT2D eigenvalue weighted by Gasteiger charge is -2.23. The quantitative estimate of drug-likeness (QED) is 0.654. The van der Waals surface area contributed by atoms with Crippen molar-refractivity contribution in [3.05, 3.63) is 54.0 Å². The summed E-state index contributed by atoms with van der Waals surface area (Å²) in [7, 11) is 0. The topological polar surface area (TPSA) is 30.7 Å². The number of hydrogen-bond acceptors (Lipinski definition) is 2. The summed E-state index contributed by atoms with van der Waals surface area (Å²) in [6, 6.07) is 12.2. The van der Waals surface area contributed by atoms with E-state index in [0.717, 1.165) is 22.7 Å². The van der Waals surface area contributed by atoms with Gasteiger partial charge in [0, 0.05) is 6.20 Å². The molecule has 0 aliphatic rings. The van der Waals surface area contributed by atoms with Gasteiger partial charge in [0.2, 0.25) is 0 Å². The molecule has 0 aliphatic carbocycles. The number of pyridine rings is 1. The predicted molar refractivity (Wildman–Crippen MR) is 87.1 cm³/mol. The molecule has 0 saturated heterocycles. The van der Waals surface area contributed by atoms with Crippen LogP contribution in [0, 0.1) is 0 Å². The Morgan fingerprint density at radius 1 is 1.10 bits per heavy atom. The SMILES string of the molecule is CC(C)(C)c1ccccc1-n1c(CCl)nc2cccnc21. The molecular weight excluding hydrogens is 282 g/mol. The van der Waals surface area contributed by atoms with Crippen LogP contribution in [0.5, 0.6) is 0 Å². The van der Waals surface area contributed by atoms with E-state index in [0.29, 0.717) is 5.88 Å². The van der Waals surface area contributed by atoms with E-state index in [9.17, 15) is 0 Å². The molecule has 3 nitrogen and oxygen atoms in total. The van der Waals surface area contributed by atoms with E-state index in [-0.39, 0.29) is 5.41 Å². The van der Waals surface area contributed by atoms with Crippen LogP contribution in [0.3, 0.4) is 0 Å². The van der Waals surface area contributed by atoms with Crippen LogP contribution in [-0.4, -0.2) is 14.5 Å². The van der Waals surface area contributed by atoms with Crippen LogP contribution in [0.4, 0.5) is 0 Å². The lowest BCUT2D eigenvalue weighted by Crippen LogP contribution is -2.16. The van der Waals surface area contributed by atoms with Gasteiger partial charge in [-0.1, -0.05) is 39.0 Å². The highest BCUT2D eigenvalue weighted by molar-refractivity contribution is 6.16. The number of aromatic nitrogens is 3. The molecule has 0 bridgehead atoms. The molecule has 21 heavy (non-hydrogen) atoms. The number of benzene rings is 1. The van der Waals surface area contributed by atoms with Crippen LogP contribution < -0.4 is 0 Å². The van der Waals surface area contributed by atoms with Crippen molar-refractivity contribution >= 4 is 22.8 Å². The Balaban J connectivity index is 2.36. The molecule has 0 spiro atoms. The molecule has 0 N–H and O–H groups in total. The Hall–Kier alpha value is -1.87. The minimum Gasteiger partial charge on any atom is -0.279 e. The molecule has 0 aliphatic heterocycles. The number of halogens is 1. The molecule has 0 radical (unpaired) electrons. The molecule has 0 fully saturated rings. The lowest BCUT2D eigenvalue weighted by atomic mass is 9.85. The van der Waals surface area contributed by atoms with Gasteiger partial charge in [-0.2, -0.15) is 0 Å². The summed E-state index contributed by atoms with van der Waals surface area (Å²) in [6.07, 6.45) is 1.79. The number of alkyl halides is 1. The summed E-state index contributed by atoms with van der Waals surface area (Å²) in [5, 5.41) is 0. The van der Waals surface area contributed by atoms with Gasteiger partial charge in [0.1, 0.15) is 11.3 Å². The minimum absolute atomic E-state index is 0.0333. The van der Waals surface area contributed by atoms with Gasteiger partial charge in [0.25, 0.3) is 0 Å². The molecule has 0 saturated carbocycles. The average Bonchev–Trinajstić information content (AvgIpc) is 2.84. The van der Waals surface area contributed by atoms with Crippen molar-refractivity contribution in [1.29, 1.82) is 0 Å². The van der Waals surface area contributed by atoms with Gasteiger partial charge >= 0.3 is 0 Å². The fourth-order valence-corrected chi connectivity index (χ4v) is 2.78. The van der Waals surface area contributed by atoms with Gasteiger partial charge < -0.3 is 0 Å². The van der Waals surface area contributed by atoms with Crippen molar-refractivity contribution in [1.82, 2.24) is 14.5 Å². The monoisotopic (exact) mass is 299 g/mol. The highest BCUT2D eigenvalue weighted by Crippen LogP contribution is 2.31. The molecular formula is C17H18ClN3. The van der Waals surface area contributed by atoms with E-state index in [4.69, 9.17) is 11.6 Å². The number of hydrogen-bond donors (Lipinski definition) is 0. The van der Waals surface area contributed by atoms with Crippen molar-refractivity contribution in [3.63, 3.8) is 0 Å². The lowest BCUT2D eigenvalue weighted by molar-refractivity contribution is 0.586. The van der Waals surface area contributed by atoms with Crippen molar-refractivity contribution in [3.8, 4) is 5.69 Å². The first-order chi connectivity index (χ1) is 10.0. The summed E-state index contributed by atoms with van der Waals surface area (Å²) >= 11 is 6.11. The zero-order valence-corrected chi connectivity index (χ0v) is 13.2. The molecule has 0 amide bonds. The van der Waals surface area contributed by atoms with Crippen LogP contribution >= 0.6 is 11.6 Å². The van der Waals surface area contributed by atoms with E-state index in [1.54, 1.807) is 6.20 Å². The standard InChI is InChI=1S/C17H18ClN3/c1-17(2,3)12-7-4-5-9-14(12)21-15(11-18)20-13-8-6-10-19-16(13)21/h4-10H,11H2,1-3H3. The minimum atomic E-state index is 0.0333. The highest BCUT2D eigenvalue weighted by atomic mass is 35.5. The third kappa shape index (κ3) is 2.42. The van der Waals surface area contributed by atoms with Crippen molar-refractivity contribution in [2.24, 2.45) is 0 Å². The zero-order chi connectivity index (χ0) is 15.0. The molecule has 1 aromatic carbocycles. The van der Waals surface area contributed by atoms with Crippen LogP contribution in [0.25, 0.3) is 16.9 Å². The second-order valence-corrected chi connectivity index (χ2v) is 6.38. The smallest absolute Gasteiger partial charge is 0.164 e. The molecule has 0 atom stereocenters. The van der Waals surface area contributed by atoms with E-state index in [1.807, 2.05) is 18.2 Å². The second kappa shape index (κ2) is 5.15. The summed E-state index contributed by atoms with van der Waals surface area (Å²) < 4.78 is 2.07. The Kier molecular flexibility index (Phi) is 3.46. The summed E-state index contributed by atoms with van der Waals surface area (Å²) in [5.74, 6) is 1.18.